The third-order valence-electron chi connectivity index (χ3n) is 6.15. The monoisotopic (exact) mass is 289 g/mol. The van der Waals surface area contributed by atoms with E-state index in [4.69, 9.17) is 0 Å². The lowest BCUT2D eigenvalue weighted by molar-refractivity contribution is 0.0922. The second-order valence-corrected chi connectivity index (χ2v) is 6.93. The lowest BCUT2D eigenvalue weighted by atomic mass is 9.53. The molecule has 2 heteroatoms. The summed E-state index contributed by atoms with van der Waals surface area (Å²) >= 11 is 0. The van der Waals surface area contributed by atoms with E-state index in [-0.39, 0.29) is 5.41 Å². The van der Waals surface area contributed by atoms with Crippen molar-refractivity contribution in [1.82, 2.24) is 5.32 Å². The van der Waals surface area contributed by atoms with Crippen molar-refractivity contribution in [2.24, 2.45) is 0 Å². The summed E-state index contributed by atoms with van der Waals surface area (Å²) in [4.78, 5) is 12.7. The van der Waals surface area contributed by atoms with Gasteiger partial charge in [-0.05, 0) is 36.1 Å². The molecular weight excluding hydrogens is 270 g/mol. The van der Waals surface area contributed by atoms with Crippen LogP contribution in [0.2, 0.25) is 0 Å². The van der Waals surface area contributed by atoms with Crippen molar-refractivity contribution in [3.63, 3.8) is 0 Å². The molecule has 22 heavy (non-hydrogen) atoms. The van der Waals surface area contributed by atoms with E-state index in [0.717, 1.165) is 24.9 Å². The number of ketones is 1. The molecule has 1 fully saturated rings. The Morgan fingerprint density at radius 3 is 2.77 bits per heavy atom. The molecule has 0 amide bonds. The fraction of sp³-hybridized carbons (Fsp3) is 0.350. The molecule has 0 bridgehead atoms. The number of rotatable bonds is 0. The Morgan fingerprint density at radius 1 is 1.00 bits per heavy atom. The van der Waals surface area contributed by atoms with Crippen LogP contribution in [0.3, 0.4) is 0 Å². The maximum atomic E-state index is 12.7. The van der Waals surface area contributed by atoms with E-state index in [2.05, 4.69) is 41.7 Å². The van der Waals surface area contributed by atoms with Gasteiger partial charge in [-0.25, -0.2) is 0 Å². The van der Waals surface area contributed by atoms with Gasteiger partial charge in [-0.3, -0.25) is 4.79 Å². The summed E-state index contributed by atoms with van der Waals surface area (Å²) in [6, 6.07) is 17.5. The first-order chi connectivity index (χ1) is 10.8. The van der Waals surface area contributed by atoms with Gasteiger partial charge < -0.3 is 5.32 Å². The minimum atomic E-state index is 0.110. The van der Waals surface area contributed by atoms with Crippen LogP contribution in [0.5, 0.6) is 0 Å². The standard InChI is InChI=1S/C20H19NO/c22-18-12-17-14-6-2-1-5-13(14)11-19-20(17,9-10-21-19)16-8-4-3-7-15(16)18/h1-8,17,19,21H,9-12H2/t17-,19?,20+/m1/s1. The molecule has 1 N–H and O–H groups in total. The lowest BCUT2D eigenvalue weighted by Gasteiger charge is -2.50. The van der Waals surface area contributed by atoms with Crippen molar-refractivity contribution in [1.29, 1.82) is 0 Å². The third-order valence-corrected chi connectivity index (χ3v) is 6.15. The minimum absolute atomic E-state index is 0.110. The average molecular weight is 289 g/mol. The SMILES string of the molecule is O=C1C[C@@H]2c3ccccc3CC3NCC[C@@]32c2ccccc21. The number of nitrogens with one attached hydrogen (secondary N) is 1. The molecule has 5 rings (SSSR count). The molecule has 1 saturated heterocycles. The normalized spacial score (nSPS) is 31.9. The van der Waals surface area contributed by atoms with Crippen LogP contribution < -0.4 is 5.32 Å². The van der Waals surface area contributed by atoms with Gasteiger partial charge in [0, 0.05) is 29.4 Å². The van der Waals surface area contributed by atoms with Gasteiger partial charge in [-0.2, -0.15) is 0 Å². The Labute approximate surface area is 130 Å². The summed E-state index contributed by atoms with van der Waals surface area (Å²) in [5, 5.41) is 3.73. The van der Waals surface area contributed by atoms with Gasteiger partial charge in [0.05, 0.1) is 0 Å². The highest BCUT2D eigenvalue weighted by atomic mass is 16.1. The van der Waals surface area contributed by atoms with E-state index in [1.807, 2.05) is 12.1 Å². The van der Waals surface area contributed by atoms with Crippen molar-refractivity contribution in [3.05, 3.63) is 70.8 Å². The second kappa shape index (κ2) is 4.30. The van der Waals surface area contributed by atoms with Crippen LogP contribution in [-0.4, -0.2) is 18.4 Å². The fourth-order valence-electron chi connectivity index (χ4n) is 5.27. The smallest absolute Gasteiger partial charge is 0.163 e. The molecule has 2 aliphatic carbocycles. The average Bonchev–Trinajstić information content (AvgIpc) is 2.98. The van der Waals surface area contributed by atoms with E-state index >= 15 is 0 Å². The van der Waals surface area contributed by atoms with Crippen molar-refractivity contribution >= 4 is 5.78 Å². The number of hydrogen-bond acceptors (Lipinski definition) is 2. The van der Waals surface area contributed by atoms with Gasteiger partial charge in [-0.1, -0.05) is 48.5 Å². The van der Waals surface area contributed by atoms with Crippen molar-refractivity contribution in [2.75, 3.05) is 6.54 Å². The number of benzene rings is 2. The first-order valence-electron chi connectivity index (χ1n) is 8.24. The van der Waals surface area contributed by atoms with Crippen molar-refractivity contribution in [3.8, 4) is 0 Å². The van der Waals surface area contributed by atoms with Crippen LogP contribution >= 0.6 is 0 Å². The largest absolute Gasteiger partial charge is 0.313 e. The van der Waals surface area contributed by atoms with Crippen molar-refractivity contribution in [2.45, 2.75) is 36.6 Å². The maximum Gasteiger partial charge on any atom is 0.163 e. The third kappa shape index (κ3) is 1.41. The Morgan fingerprint density at radius 2 is 1.82 bits per heavy atom. The number of carbonyl (C=O) groups excluding carboxylic acids is 1. The number of Topliss-reactive ketones (excluding diaryl/α,β-unsaturated/α-hetero) is 1. The minimum Gasteiger partial charge on any atom is -0.313 e. The molecule has 2 aromatic rings. The quantitative estimate of drug-likeness (QED) is 0.807. The van der Waals surface area contributed by atoms with E-state index in [9.17, 15) is 4.79 Å². The molecule has 2 aromatic carbocycles. The Bertz CT molecular complexity index is 781. The molecule has 1 unspecified atom stereocenters. The summed E-state index contributed by atoms with van der Waals surface area (Å²) in [5.74, 6) is 0.647. The summed E-state index contributed by atoms with van der Waals surface area (Å²) in [7, 11) is 0. The molecule has 3 atom stereocenters. The predicted octanol–water partition coefficient (Wildman–Crippen LogP) is 3.21. The molecule has 0 radical (unpaired) electrons. The van der Waals surface area contributed by atoms with Gasteiger partial charge in [0.25, 0.3) is 0 Å². The lowest BCUT2D eigenvalue weighted by Crippen LogP contribution is -2.52. The van der Waals surface area contributed by atoms with Crippen LogP contribution in [-0.2, 0) is 11.8 Å². The van der Waals surface area contributed by atoms with Crippen LogP contribution in [0.1, 0.15) is 45.8 Å². The number of fused-ring (bicyclic) bond motifs is 3. The zero-order chi connectivity index (χ0) is 14.7. The zero-order valence-corrected chi connectivity index (χ0v) is 12.5. The molecule has 0 saturated carbocycles. The topological polar surface area (TPSA) is 29.1 Å². The fourth-order valence-corrected chi connectivity index (χ4v) is 5.27. The Balaban J connectivity index is 1.81. The van der Waals surface area contributed by atoms with Crippen LogP contribution in [0.15, 0.2) is 48.5 Å². The first kappa shape index (κ1) is 12.6. The molecule has 2 nitrogen and oxygen atoms in total. The van der Waals surface area contributed by atoms with Crippen LogP contribution in [0.25, 0.3) is 0 Å². The molecule has 1 spiro atoms. The summed E-state index contributed by atoms with van der Waals surface area (Å²) in [5.41, 5.74) is 5.20. The summed E-state index contributed by atoms with van der Waals surface area (Å²) in [6.07, 6.45) is 2.88. The van der Waals surface area contributed by atoms with E-state index in [1.165, 1.54) is 16.7 Å². The molecule has 1 aliphatic heterocycles. The maximum absolute atomic E-state index is 12.7. The van der Waals surface area contributed by atoms with Crippen LogP contribution in [0, 0.1) is 0 Å². The number of carbonyl (C=O) groups is 1. The van der Waals surface area contributed by atoms with Crippen LogP contribution in [0.4, 0.5) is 0 Å². The highest BCUT2D eigenvalue weighted by molar-refractivity contribution is 6.00. The molecule has 3 aliphatic rings. The molecule has 1 heterocycles. The highest BCUT2D eigenvalue weighted by Crippen LogP contribution is 2.56. The summed E-state index contributed by atoms with van der Waals surface area (Å²) < 4.78 is 0. The van der Waals surface area contributed by atoms with Gasteiger partial charge in [-0.15, -0.1) is 0 Å². The van der Waals surface area contributed by atoms with E-state index in [1.54, 1.807) is 0 Å². The van der Waals surface area contributed by atoms with Gasteiger partial charge in [0.15, 0.2) is 5.78 Å². The van der Waals surface area contributed by atoms with Gasteiger partial charge in [0.2, 0.25) is 0 Å². The number of hydrogen-bond donors (Lipinski definition) is 1. The van der Waals surface area contributed by atoms with Gasteiger partial charge >= 0.3 is 0 Å². The van der Waals surface area contributed by atoms with E-state index < -0.39 is 0 Å². The predicted molar refractivity (Wildman–Crippen MR) is 86.4 cm³/mol. The Kier molecular flexibility index (Phi) is 2.46. The molecule has 110 valence electrons. The second-order valence-electron chi connectivity index (χ2n) is 6.93. The Hall–Kier alpha value is -1.93. The van der Waals surface area contributed by atoms with Gasteiger partial charge in [0.1, 0.15) is 0 Å². The van der Waals surface area contributed by atoms with E-state index in [0.29, 0.717) is 24.2 Å². The first-order valence-corrected chi connectivity index (χ1v) is 8.24. The highest BCUT2D eigenvalue weighted by Gasteiger charge is 2.56. The zero-order valence-electron chi connectivity index (χ0n) is 12.5. The molecule has 0 aromatic heterocycles. The molecular formula is C20H19NO. The summed E-state index contributed by atoms with van der Waals surface area (Å²) in [6.45, 7) is 1.05. The van der Waals surface area contributed by atoms with Crippen molar-refractivity contribution < 1.29 is 4.79 Å².